The molecule has 0 aliphatic heterocycles. The van der Waals surface area contributed by atoms with Gasteiger partial charge in [-0.2, -0.15) is 0 Å². The van der Waals surface area contributed by atoms with Crippen molar-refractivity contribution in [3.8, 4) is 0 Å². The van der Waals surface area contributed by atoms with Crippen LogP contribution in [0.1, 0.15) is 232 Å². The van der Waals surface area contributed by atoms with Gasteiger partial charge in [-0.3, -0.25) is 13.8 Å². The molecule has 0 spiro atoms. The summed E-state index contributed by atoms with van der Waals surface area (Å²) in [6, 6.07) is 0. The lowest BCUT2D eigenvalue weighted by Crippen LogP contribution is -2.37. The van der Waals surface area contributed by atoms with Gasteiger partial charge < -0.3 is 18.9 Å². The molecule has 0 bridgehead atoms. The SMILES string of the molecule is CCCCCCCC/C=C\CCCCCCCCOC[C@H](COP(=O)(O)OCC[N+](C)(C)C)OC(=O)CCCCCCCCCCCCCCCCCCCCC. The van der Waals surface area contributed by atoms with Crippen LogP contribution in [0.3, 0.4) is 0 Å². The molecule has 0 aromatic rings. The van der Waals surface area contributed by atoms with Gasteiger partial charge in [-0.1, -0.05) is 199 Å². The van der Waals surface area contributed by atoms with Crippen LogP contribution >= 0.6 is 7.82 Å². The normalized spacial score (nSPS) is 13.7. The molecule has 1 N–H and O–H groups in total. The molecule has 0 saturated carbocycles. The maximum atomic E-state index is 12.7. The number of carbonyl (C=O) groups is 1. The molecular formula is C48H97NO7P+. The molecule has 0 aromatic heterocycles. The Bertz CT molecular complexity index is 925. The van der Waals surface area contributed by atoms with Crippen molar-refractivity contribution >= 4 is 13.8 Å². The second kappa shape index (κ2) is 42.0. The number of hydrogen-bond acceptors (Lipinski definition) is 6. The highest BCUT2D eigenvalue weighted by molar-refractivity contribution is 7.47. The standard InChI is InChI=1S/C48H96NO7P/c1-6-8-10-12-14-16-18-20-22-24-25-26-27-29-31-33-35-37-39-41-48(50)56-47(46-55-57(51,52)54-44-42-49(3,4)5)45-53-43-40-38-36-34-32-30-28-23-21-19-17-15-13-11-9-7-2/h21,23,47H,6-20,22,24-46H2,1-5H3/p+1/b23-21-/t47-/m1/s1. The third-order valence-corrected chi connectivity index (χ3v) is 11.8. The number of phosphoric acid groups is 1. The van der Waals surface area contributed by atoms with E-state index < -0.39 is 13.9 Å². The summed E-state index contributed by atoms with van der Waals surface area (Å²) in [5, 5.41) is 0. The lowest BCUT2D eigenvalue weighted by atomic mass is 10.0. The minimum atomic E-state index is -4.27. The zero-order valence-electron chi connectivity index (χ0n) is 38.6. The number of quaternary nitrogens is 1. The average molecular weight is 831 g/mol. The summed E-state index contributed by atoms with van der Waals surface area (Å²) in [5.41, 5.74) is 0. The molecule has 2 atom stereocenters. The molecule has 0 amide bonds. The first-order chi connectivity index (χ1) is 27.6. The van der Waals surface area contributed by atoms with Gasteiger partial charge in [0.25, 0.3) is 0 Å². The van der Waals surface area contributed by atoms with E-state index in [9.17, 15) is 14.3 Å². The molecule has 9 heteroatoms. The third-order valence-electron chi connectivity index (χ3n) is 10.8. The minimum absolute atomic E-state index is 0.0909. The molecule has 340 valence electrons. The van der Waals surface area contributed by atoms with E-state index in [0.717, 1.165) is 32.1 Å². The molecule has 57 heavy (non-hydrogen) atoms. The van der Waals surface area contributed by atoms with Crippen molar-refractivity contribution in [3.63, 3.8) is 0 Å². The fourth-order valence-electron chi connectivity index (χ4n) is 7.02. The number of hydrogen-bond donors (Lipinski definition) is 1. The minimum Gasteiger partial charge on any atom is -0.457 e. The van der Waals surface area contributed by atoms with E-state index in [1.807, 2.05) is 21.1 Å². The summed E-state index contributed by atoms with van der Waals surface area (Å²) < 4.78 is 35.1. The highest BCUT2D eigenvalue weighted by atomic mass is 31.2. The van der Waals surface area contributed by atoms with E-state index in [-0.39, 0.29) is 25.8 Å². The van der Waals surface area contributed by atoms with Gasteiger partial charge in [0.2, 0.25) is 0 Å². The Morgan fingerprint density at radius 1 is 0.526 bits per heavy atom. The van der Waals surface area contributed by atoms with Crippen LogP contribution in [0.4, 0.5) is 0 Å². The molecule has 0 rings (SSSR count). The van der Waals surface area contributed by atoms with E-state index >= 15 is 0 Å². The highest BCUT2D eigenvalue weighted by Crippen LogP contribution is 2.43. The first-order valence-electron chi connectivity index (χ1n) is 24.4. The van der Waals surface area contributed by atoms with Gasteiger partial charge in [0.05, 0.1) is 34.4 Å². The fourth-order valence-corrected chi connectivity index (χ4v) is 7.76. The van der Waals surface area contributed by atoms with Gasteiger partial charge in [-0.15, -0.1) is 0 Å². The van der Waals surface area contributed by atoms with E-state index in [1.54, 1.807) is 0 Å². The molecule has 0 radical (unpaired) electrons. The molecule has 1 unspecified atom stereocenters. The molecule has 0 aromatic carbocycles. The Balaban J connectivity index is 4.14. The molecule has 0 saturated heterocycles. The largest absolute Gasteiger partial charge is 0.472 e. The van der Waals surface area contributed by atoms with Crippen LogP contribution in [0.25, 0.3) is 0 Å². The quantitative estimate of drug-likeness (QED) is 0.0215. The second-order valence-corrected chi connectivity index (χ2v) is 19.3. The summed E-state index contributed by atoms with van der Waals surface area (Å²) >= 11 is 0. The lowest BCUT2D eigenvalue weighted by molar-refractivity contribution is -0.870. The number of esters is 1. The Kier molecular flexibility index (Phi) is 41.4. The van der Waals surface area contributed by atoms with Crippen molar-refractivity contribution in [1.82, 2.24) is 0 Å². The van der Waals surface area contributed by atoms with Gasteiger partial charge in [0, 0.05) is 13.0 Å². The van der Waals surface area contributed by atoms with Crippen molar-refractivity contribution in [2.75, 3.05) is 54.1 Å². The molecule has 0 aliphatic rings. The van der Waals surface area contributed by atoms with Crippen LogP contribution in [-0.2, 0) is 27.9 Å². The van der Waals surface area contributed by atoms with Crippen LogP contribution in [0.5, 0.6) is 0 Å². The van der Waals surface area contributed by atoms with E-state index in [4.69, 9.17) is 18.5 Å². The maximum Gasteiger partial charge on any atom is 0.472 e. The summed E-state index contributed by atoms with van der Waals surface area (Å²) in [4.78, 5) is 23.0. The van der Waals surface area contributed by atoms with Gasteiger partial charge in [-0.05, 0) is 38.5 Å². The van der Waals surface area contributed by atoms with Crippen LogP contribution in [0.15, 0.2) is 12.2 Å². The fraction of sp³-hybridized carbons (Fsp3) is 0.938. The number of ether oxygens (including phenoxy) is 2. The number of nitrogens with zero attached hydrogens (tertiary/aromatic N) is 1. The molecule has 0 aliphatic carbocycles. The van der Waals surface area contributed by atoms with Crippen molar-refractivity contribution in [3.05, 3.63) is 12.2 Å². The van der Waals surface area contributed by atoms with Crippen LogP contribution in [0, 0.1) is 0 Å². The van der Waals surface area contributed by atoms with Crippen molar-refractivity contribution < 1.29 is 37.3 Å². The number of carbonyl (C=O) groups excluding carboxylic acids is 1. The molecule has 8 nitrogen and oxygen atoms in total. The maximum absolute atomic E-state index is 12.7. The second-order valence-electron chi connectivity index (χ2n) is 17.9. The van der Waals surface area contributed by atoms with Gasteiger partial charge in [0.15, 0.2) is 0 Å². The number of phosphoric ester groups is 1. The van der Waals surface area contributed by atoms with Crippen molar-refractivity contribution in [1.29, 1.82) is 0 Å². The number of rotatable bonds is 46. The highest BCUT2D eigenvalue weighted by Gasteiger charge is 2.26. The summed E-state index contributed by atoms with van der Waals surface area (Å²) in [6.07, 6.45) is 46.7. The summed E-state index contributed by atoms with van der Waals surface area (Å²) in [6.45, 7) is 5.66. The zero-order chi connectivity index (χ0) is 42.0. The van der Waals surface area contributed by atoms with E-state index in [0.29, 0.717) is 24.1 Å². The Hall–Kier alpha value is -0.760. The molecule has 0 heterocycles. The predicted octanol–water partition coefficient (Wildman–Crippen LogP) is 14.6. The summed E-state index contributed by atoms with van der Waals surface area (Å²) in [5.74, 6) is -0.310. The molecular weight excluding hydrogens is 734 g/mol. The van der Waals surface area contributed by atoms with Gasteiger partial charge in [-0.25, -0.2) is 4.57 Å². The van der Waals surface area contributed by atoms with E-state index in [2.05, 4.69) is 26.0 Å². The monoisotopic (exact) mass is 831 g/mol. The Labute approximate surface area is 354 Å². The van der Waals surface area contributed by atoms with Crippen LogP contribution < -0.4 is 0 Å². The first-order valence-corrected chi connectivity index (χ1v) is 25.9. The van der Waals surface area contributed by atoms with E-state index in [1.165, 1.54) is 180 Å². The smallest absolute Gasteiger partial charge is 0.457 e. The van der Waals surface area contributed by atoms with Crippen molar-refractivity contribution in [2.45, 2.75) is 238 Å². The van der Waals surface area contributed by atoms with Crippen LogP contribution in [0.2, 0.25) is 0 Å². The third kappa shape index (κ3) is 46.2. The predicted molar refractivity (Wildman–Crippen MR) is 243 cm³/mol. The Morgan fingerprint density at radius 3 is 1.33 bits per heavy atom. The van der Waals surface area contributed by atoms with Crippen molar-refractivity contribution in [2.24, 2.45) is 0 Å². The van der Waals surface area contributed by atoms with Gasteiger partial charge >= 0.3 is 13.8 Å². The Morgan fingerprint density at radius 2 is 0.912 bits per heavy atom. The lowest BCUT2D eigenvalue weighted by Gasteiger charge is -2.24. The zero-order valence-corrected chi connectivity index (χ0v) is 39.5. The summed E-state index contributed by atoms with van der Waals surface area (Å²) in [7, 11) is 1.68. The first kappa shape index (κ1) is 56.2. The van der Waals surface area contributed by atoms with Crippen LogP contribution in [-0.4, -0.2) is 75.6 Å². The average Bonchev–Trinajstić information content (AvgIpc) is 3.16. The van der Waals surface area contributed by atoms with Gasteiger partial charge in [0.1, 0.15) is 19.3 Å². The number of unbranched alkanes of at least 4 members (excludes halogenated alkanes) is 30. The number of likely N-dealkylation sites (N-methyl/N-ethyl adjacent to an activating group) is 1. The number of allylic oxidation sites excluding steroid dienone is 2. The topological polar surface area (TPSA) is 91.3 Å². The molecule has 0 fully saturated rings.